The Morgan fingerprint density at radius 2 is 2.12 bits per heavy atom. The number of thiophene rings is 1. The predicted molar refractivity (Wildman–Crippen MR) is 101 cm³/mol. The van der Waals surface area contributed by atoms with Crippen molar-refractivity contribution in [3.05, 3.63) is 52.2 Å². The zero-order chi connectivity index (χ0) is 17.1. The van der Waals surface area contributed by atoms with Crippen LogP contribution in [0.4, 0.5) is 0 Å². The van der Waals surface area contributed by atoms with Crippen LogP contribution in [0.15, 0.2) is 41.8 Å². The summed E-state index contributed by atoms with van der Waals surface area (Å²) in [6.07, 6.45) is 3.32. The number of benzene rings is 1. The molecule has 0 saturated heterocycles. The van der Waals surface area contributed by atoms with Gasteiger partial charge < -0.3 is 9.84 Å². The van der Waals surface area contributed by atoms with Crippen LogP contribution < -0.4 is 4.74 Å². The van der Waals surface area contributed by atoms with Gasteiger partial charge in [0, 0.05) is 29.4 Å². The monoisotopic (exact) mass is 354 g/mol. The molecule has 4 rings (SSSR count). The molecule has 0 fully saturated rings. The number of para-hydroxylation sites is 1. The van der Waals surface area contributed by atoms with E-state index in [2.05, 4.69) is 21.3 Å². The van der Waals surface area contributed by atoms with Gasteiger partial charge in [0.15, 0.2) is 0 Å². The van der Waals surface area contributed by atoms with Gasteiger partial charge in [0.05, 0.1) is 6.61 Å². The lowest BCUT2D eigenvalue weighted by Gasteiger charge is -2.26. The standard InChI is InChI=1S/C20H22N2O2S/c23-17-5-3-4-15-6-7-19(21-20(15)17)24-12-2-1-10-22-11-8-18-16(14-22)9-13-25-18/h3-7,9,13,23H,1-2,8,10-12,14H2. The molecule has 0 unspecified atom stereocenters. The van der Waals surface area contributed by atoms with E-state index in [4.69, 9.17) is 4.74 Å². The molecule has 2 aromatic heterocycles. The zero-order valence-corrected chi connectivity index (χ0v) is 15.0. The van der Waals surface area contributed by atoms with Crippen molar-refractivity contribution in [1.82, 2.24) is 9.88 Å². The van der Waals surface area contributed by atoms with Crippen LogP contribution in [0.5, 0.6) is 11.6 Å². The van der Waals surface area contributed by atoms with Crippen LogP contribution in [0.25, 0.3) is 10.9 Å². The number of unbranched alkanes of at least 4 members (excludes halogenated alkanes) is 1. The van der Waals surface area contributed by atoms with Crippen LogP contribution in [0.3, 0.4) is 0 Å². The third-order valence-corrected chi connectivity index (χ3v) is 5.70. The second-order valence-corrected chi connectivity index (χ2v) is 7.45. The van der Waals surface area contributed by atoms with E-state index in [9.17, 15) is 5.11 Å². The molecule has 4 nitrogen and oxygen atoms in total. The van der Waals surface area contributed by atoms with Crippen molar-refractivity contribution in [2.45, 2.75) is 25.8 Å². The van der Waals surface area contributed by atoms with E-state index in [0.29, 0.717) is 18.0 Å². The second kappa shape index (κ2) is 7.42. The first-order valence-corrected chi connectivity index (χ1v) is 9.67. The van der Waals surface area contributed by atoms with Crippen LogP contribution >= 0.6 is 11.3 Å². The first-order chi connectivity index (χ1) is 12.3. The first kappa shape index (κ1) is 16.4. The van der Waals surface area contributed by atoms with Crippen molar-refractivity contribution in [3.8, 4) is 11.6 Å². The number of aromatic nitrogens is 1. The number of nitrogens with zero attached hydrogens (tertiary/aromatic N) is 2. The molecular formula is C20H22N2O2S. The highest BCUT2D eigenvalue weighted by Gasteiger charge is 2.16. The van der Waals surface area contributed by atoms with Gasteiger partial charge in [0.2, 0.25) is 5.88 Å². The Labute approximate surface area is 151 Å². The minimum atomic E-state index is 0.195. The molecule has 0 saturated carbocycles. The summed E-state index contributed by atoms with van der Waals surface area (Å²) in [6.45, 7) is 4.03. The summed E-state index contributed by atoms with van der Waals surface area (Å²) in [6, 6.07) is 11.5. The molecule has 0 bridgehead atoms. The lowest BCUT2D eigenvalue weighted by atomic mass is 10.1. The van der Waals surface area contributed by atoms with E-state index in [-0.39, 0.29) is 5.75 Å². The Morgan fingerprint density at radius 3 is 3.08 bits per heavy atom. The van der Waals surface area contributed by atoms with Crippen molar-refractivity contribution in [1.29, 1.82) is 0 Å². The highest BCUT2D eigenvalue weighted by Crippen LogP contribution is 2.25. The number of fused-ring (bicyclic) bond motifs is 2. The fraction of sp³-hybridized carbons (Fsp3) is 0.350. The van der Waals surface area contributed by atoms with E-state index in [0.717, 1.165) is 31.3 Å². The minimum Gasteiger partial charge on any atom is -0.506 e. The number of ether oxygens (including phenoxy) is 1. The lowest BCUT2D eigenvalue weighted by molar-refractivity contribution is 0.234. The Hall–Kier alpha value is -2.11. The third-order valence-electron chi connectivity index (χ3n) is 4.68. The van der Waals surface area contributed by atoms with E-state index >= 15 is 0 Å². The highest BCUT2D eigenvalue weighted by molar-refractivity contribution is 7.10. The molecule has 3 heterocycles. The lowest BCUT2D eigenvalue weighted by Crippen LogP contribution is -2.30. The van der Waals surface area contributed by atoms with Gasteiger partial charge >= 0.3 is 0 Å². The topological polar surface area (TPSA) is 45.6 Å². The number of rotatable bonds is 6. The molecule has 1 aliphatic heterocycles. The van der Waals surface area contributed by atoms with Crippen LogP contribution in [-0.4, -0.2) is 34.7 Å². The predicted octanol–water partition coefficient (Wildman–Crippen LogP) is 4.22. The Morgan fingerprint density at radius 1 is 1.16 bits per heavy atom. The Kier molecular flexibility index (Phi) is 4.85. The van der Waals surface area contributed by atoms with E-state index < -0.39 is 0 Å². The number of phenolic OH excluding ortho intramolecular Hbond substituents is 1. The molecule has 0 spiro atoms. The van der Waals surface area contributed by atoms with Crippen molar-refractivity contribution < 1.29 is 9.84 Å². The molecule has 0 aliphatic carbocycles. The summed E-state index contributed by atoms with van der Waals surface area (Å²) in [7, 11) is 0. The summed E-state index contributed by atoms with van der Waals surface area (Å²) in [5.41, 5.74) is 2.10. The molecule has 0 radical (unpaired) electrons. The molecule has 0 atom stereocenters. The molecule has 0 amide bonds. The second-order valence-electron chi connectivity index (χ2n) is 6.45. The number of hydrogen-bond acceptors (Lipinski definition) is 5. The van der Waals surface area contributed by atoms with Crippen LogP contribution in [0, 0.1) is 0 Å². The van der Waals surface area contributed by atoms with E-state index in [1.54, 1.807) is 10.9 Å². The summed E-state index contributed by atoms with van der Waals surface area (Å²) in [5, 5.41) is 13.0. The smallest absolute Gasteiger partial charge is 0.213 e. The van der Waals surface area contributed by atoms with Crippen LogP contribution in [0.1, 0.15) is 23.3 Å². The fourth-order valence-corrected chi connectivity index (χ4v) is 4.20. The van der Waals surface area contributed by atoms with Gasteiger partial charge in [-0.1, -0.05) is 12.1 Å². The van der Waals surface area contributed by atoms with Crippen LogP contribution in [-0.2, 0) is 13.0 Å². The zero-order valence-electron chi connectivity index (χ0n) is 14.1. The van der Waals surface area contributed by atoms with Gasteiger partial charge in [-0.2, -0.15) is 0 Å². The van der Waals surface area contributed by atoms with Gasteiger partial charge in [-0.3, -0.25) is 4.90 Å². The highest BCUT2D eigenvalue weighted by atomic mass is 32.1. The minimum absolute atomic E-state index is 0.195. The summed E-state index contributed by atoms with van der Waals surface area (Å²) < 4.78 is 5.76. The maximum Gasteiger partial charge on any atom is 0.213 e. The molecule has 3 aromatic rings. The summed E-state index contributed by atoms with van der Waals surface area (Å²) in [4.78, 5) is 8.49. The average Bonchev–Trinajstić information content (AvgIpc) is 3.10. The van der Waals surface area contributed by atoms with Crippen molar-refractivity contribution in [2.75, 3.05) is 19.7 Å². The third kappa shape index (κ3) is 3.78. The van der Waals surface area contributed by atoms with E-state index in [1.807, 2.05) is 35.6 Å². The van der Waals surface area contributed by atoms with Crippen LogP contribution in [0.2, 0.25) is 0 Å². The molecule has 1 aliphatic rings. The van der Waals surface area contributed by atoms with E-state index in [1.165, 1.54) is 18.5 Å². The molecule has 5 heteroatoms. The van der Waals surface area contributed by atoms with Gasteiger partial charge in [-0.25, -0.2) is 4.98 Å². The number of phenols is 1. The summed E-state index contributed by atoms with van der Waals surface area (Å²) >= 11 is 1.89. The molecule has 1 N–H and O–H groups in total. The molecule has 25 heavy (non-hydrogen) atoms. The molecule has 1 aromatic carbocycles. The van der Waals surface area contributed by atoms with Crippen molar-refractivity contribution >= 4 is 22.2 Å². The molecule has 130 valence electrons. The van der Waals surface area contributed by atoms with Gasteiger partial charge in [-0.05, 0) is 54.9 Å². The van der Waals surface area contributed by atoms with Gasteiger partial charge in [0.25, 0.3) is 0 Å². The quantitative estimate of drug-likeness (QED) is 0.673. The Balaban J connectivity index is 1.23. The summed E-state index contributed by atoms with van der Waals surface area (Å²) in [5.74, 6) is 0.774. The number of pyridine rings is 1. The van der Waals surface area contributed by atoms with Crippen molar-refractivity contribution in [2.24, 2.45) is 0 Å². The van der Waals surface area contributed by atoms with Crippen molar-refractivity contribution in [3.63, 3.8) is 0 Å². The van der Waals surface area contributed by atoms with Gasteiger partial charge in [-0.15, -0.1) is 11.3 Å². The normalized spacial score (nSPS) is 14.6. The first-order valence-electron chi connectivity index (χ1n) is 8.79. The maximum absolute atomic E-state index is 9.88. The molecular weight excluding hydrogens is 332 g/mol. The van der Waals surface area contributed by atoms with Gasteiger partial charge in [0.1, 0.15) is 11.3 Å². The maximum atomic E-state index is 9.88. The fourth-order valence-electron chi connectivity index (χ4n) is 3.31. The Bertz CT molecular complexity index is 862. The number of hydrogen-bond donors (Lipinski definition) is 1. The largest absolute Gasteiger partial charge is 0.506 e. The number of aromatic hydroxyl groups is 1. The average molecular weight is 354 g/mol. The SMILES string of the molecule is Oc1cccc2ccc(OCCCCN3CCc4sccc4C3)nc12.